The van der Waals surface area contributed by atoms with Crippen LogP contribution in [0, 0.1) is 0 Å². The lowest BCUT2D eigenvalue weighted by atomic mass is 10.1. The van der Waals surface area contributed by atoms with Crippen molar-refractivity contribution in [3.8, 4) is 5.75 Å². The zero-order valence-corrected chi connectivity index (χ0v) is 10.1. The van der Waals surface area contributed by atoms with Gasteiger partial charge in [-0.15, -0.1) is 0 Å². The number of halogens is 1. The molecule has 0 saturated carbocycles. The van der Waals surface area contributed by atoms with E-state index in [4.69, 9.17) is 16.3 Å². The van der Waals surface area contributed by atoms with E-state index in [0.29, 0.717) is 10.8 Å². The van der Waals surface area contributed by atoms with Gasteiger partial charge in [0.2, 0.25) is 0 Å². The topological polar surface area (TPSA) is 33.3 Å². The normalized spacial score (nSPS) is 12.5. The van der Waals surface area contributed by atoms with Crippen molar-refractivity contribution in [1.29, 1.82) is 0 Å². The Morgan fingerprint density at radius 2 is 2.13 bits per heavy atom. The Morgan fingerprint density at radius 1 is 1.40 bits per heavy atom. The van der Waals surface area contributed by atoms with Crippen LogP contribution in [0.4, 0.5) is 0 Å². The lowest BCUT2D eigenvalue weighted by molar-refractivity contribution is 0.414. The average molecular weight is 229 g/mol. The maximum absolute atomic E-state index is 6.06. The molecular formula is C11H17ClN2O. The van der Waals surface area contributed by atoms with Crippen LogP contribution in [0.5, 0.6) is 5.75 Å². The van der Waals surface area contributed by atoms with Gasteiger partial charge in [0, 0.05) is 12.6 Å². The van der Waals surface area contributed by atoms with Crippen LogP contribution in [-0.2, 0) is 0 Å². The first kappa shape index (κ1) is 12.3. The van der Waals surface area contributed by atoms with Crippen LogP contribution in [0.25, 0.3) is 0 Å². The van der Waals surface area contributed by atoms with E-state index in [1.807, 2.05) is 32.3 Å². The van der Waals surface area contributed by atoms with Crippen molar-refractivity contribution in [3.63, 3.8) is 0 Å². The summed E-state index contributed by atoms with van der Waals surface area (Å²) in [6.07, 6.45) is 0. The summed E-state index contributed by atoms with van der Waals surface area (Å²) in [5.41, 5.74) is 1.15. The Kier molecular flexibility index (Phi) is 4.88. The van der Waals surface area contributed by atoms with Crippen LogP contribution < -0.4 is 15.4 Å². The third-order valence-electron chi connectivity index (χ3n) is 2.33. The van der Waals surface area contributed by atoms with Gasteiger partial charge in [-0.2, -0.15) is 0 Å². The van der Waals surface area contributed by atoms with Gasteiger partial charge >= 0.3 is 0 Å². The Morgan fingerprint density at radius 3 is 2.60 bits per heavy atom. The van der Waals surface area contributed by atoms with Gasteiger partial charge in [0.05, 0.1) is 12.1 Å². The first-order chi connectivity index (χ1) is 7.22. The molecule has 3 nitrogen and oxygen atoms in total. The highest BCUT2D eigenvalue weighted by Crippen LogP contribution is 2.27. The highest BCUT2D eigenvalue weighted by molar-refractivity contribution is 6.32. The molecule has 1 atom stereocenters. The molecule has 84 valence electrons. The van der Waals surface area contributed by atoms with Gasteiger partial charge in [-0.1, -0.05) is 17.7 Å². The summed E-state index contributed by atoms with van der Waals surface area (Å²) in [5, 5.41) is 7.00. The third kappa shape index (κ3) is 3.09. The molecule has 0 aliphatic heterocycles. The summed E-state index contributed by atoms with van der Waals surface area (Å²) in [6, 6.07) is 6.10. The molecule has 15 heavy (non-hydrogen) atoms. The summed E-state index contributed by atoms with van der Waals surface area (Å²) >= 11 is 6.06. The van der Waals surface area contributed by atoms with E-state index in [1.165, 1.54) is 0 Å². The lowest BCUT2D eigenvalue weighted by Crippen LogP contribution is -2.27. The van der Waals surface area contributed by atoms with E-state index in [9.17, 15) is 0 Å². The van der Waals surface area contributed by atoms with Gasteiger partial charge in [-0.25, -0.2) is 0 Å². The first-order valence-corrected chi connectivity index (χ1v) is 5.26. The van der Waals surface area contributed by atoms with Crippen molar-refractivity contribution < 1.29 is 4.74 Å². The van der Waals surface area contributed by atoms with Gasteiger partial charge in [0.1, 0.15) is 5.75 Å². The molecule has 0 saturated heterocycles. The van der Waals surface area contributed by atoms with Crippen molar-refractivity contribution in [2.75, 3.05) is 27.7 Å². The Labute approximate surface area is 95.8 Å². The summed E-state index contributed by atoms with van der Waals surface area (Å²) in [7, 11) is 5.47. The highest BCUT2D eigenvalue weighted by atomic mass is 35.5. The molecule has 0 spiro atoms. The second-order valence-corrected chi connectivity index (χ2v) is 3.70. The molecule has 2 N–H and O–H groups in total. The van der Waals surface area contributed by atoms with Gasteiger partial charge in [-0.3, -0.25) is 0 Å². The Balaban J connectivity index is 2.89. The number of rotatable bonds is 5. The first-order valence-electron chi connectivity index (χ1n) is 4.88. The fraction of sp³-hybridized carbons (Fsp3) is 0.455. The number of methoxy groups -OCH3 is 1. The minimum Gasteiger partial charge on any atom is -0.495 e. The number of hydrogen-bond donors (Lipinski definition) is 2. The van der Waals surface area contributed by atoms with E-state index in [-0.39, 0.29) is 6.04 Å². The number of benzene rings is 1. The lowest BCUT2D eigenvalue weighted by Gasteiger charge is -2.17. The summed E-state index contributed by atoms with van der Waals surface area (Å²) in [4.78, 5) is 0. The second kappa shape index (κ2) is 5.95. The number of nitrogens with one attached hydrogen (secondary N) is 2. The molecule has 1 aromatic carbocycles. The summed E-state index contributed by atoms with van der Waals surface area (Å²) < 4.78 is 5.11. The van der Waals surface area contributed by atoms with Gasteiger partial charge in [0.15, 0.2) is 0 Å². The average Bonchev–Trinajstić information content (AvgIpc) is 2.25. The van der Waals surface area contributed by atoms with Gasteiger partial charge in [0.25, 0.3) is 0 Å². The molecule has 0 aliphatic rings. The molecule has 1 unspecified atom stereocenters. The maximum Gasteiger partial charge on any atom is 0.137 e. The highest BCUT2D eigenvalue weighted by Gasteiger charge is 2.10. The second-order valence-electron chi connectivity index (χ2n) is 3.29. The van der Waals surface area contributed by atoms with E-state index >= 15 is 0 Å². The third-order valence-corrected chi connectivity index (χ3v) is 2.63. The maximum atomic E-state index is 6.06. The molecule has 0 heterocycles. The van der Waals surface area contributed by atoms with Crippen molar-refractivity contribution in [1.82, 2.24) is 10.6 Å². The SMILES string of the molecule is CNCC(NC)c1ccc(OC)c(Cl)c1. The van der Waals surface area contributed by atoms with Crippen LogP contribution in [0.15, 0.2) is 18.2 Å². The van der Waals surface area contributed by atoms with Crippen LogP contribution >= 0.6 is 11.6 Å². The fourth-order valence-electron chi connectivity index (χ4n) is 1.49. The molecule has 1 aromatic rings. The summed E-state index contributed by atoms with van der Waals surface area (Å²) in [5.74, 6) is 0.708. The minimum atomic E-state index is 0.262. The van der Waals surface area contributed by atoms with Crippen molar-refractivity contribution in [2.24, 2.45) is 0 Å². The predicted molar refractivity (Wildman–Crippen MR) is 63.7 cm³/mol. The van der Waals surface area contributed by atoms with E-state index in [0.717, 1.165) is 12.1 Å². The van der Waals surface area contributed by atoms with Crippen LogP contribution in [0.2, 0.25) is 5.02 Å². The molecule has 0 fully saturated rings. The zero-order valence-electron chi connectivity index (χ0n) is 9.30. The van der Waals surface area contributed by atoms with Crippen molar-refractivity contribution >= 4 is 11.6 Å². The van der Waals surface area contributed by atoms with Gasteiger partial charge < -0.3 is 15.4 Å². The fourth-order valence-corrected chi connectivity index (χ4v) is 1.76. The predicted octanol–water partition coefficient (Wildman–Crippen LogP) is 1.83. The zero-order chi connectivity index (χ0) is 11.3. The number of ether oxygens (including phenoxy) is 1. The molecule has 1 rings (SSSR count). The Hall–Kier alpha value is -0.770. The van der Waals surface area contributed by atoms with Crippen LogP contribution in [0.3, 0.4) is 0 Å². The molecule has 0 aliphatic carbocycles. The van der Waals surface area contributed by atoms with E-state index in [2.05, 4.69) is 10.6 Å². The Bertz CT molecular complexity index is 317. The van der Waals surface area contributed by atoms with Crippen LogP contribution in [0.1, 0.15) is 11.6 Å². The molecule has 4 heteroatoms. The van der Waals surface area contributed by atoms with Gasteiger partial charge in [-0.05, 0) is 31.8 Å². The number of hydrogen-bond acceptors (Lipinski definition) is 3. The summed E-state index contributed by atoms with van der Waals surface area (Å²) in [6.45, 7) is 0.860. The van der Waals surface area contributed by atoms with E-state index in [1.54, 1.807) is 7.11 Å². The van der Waals surface area contributed by atoms with E-state index < -0.39 is 0 Å². The van der Waals surface area contributed by atoms with Crippen molar-refractivity contribution in [3.05, 3.63) is 28.8 Å². The molecule has 0 radical (unpaired) electrons. The monoisotopic (exact) mass is 228 g/mol. The quantitative estimate of drug-likeness (QED) is 0.807. The number of likely N-dealkylation sites (N-methyl/N-ethyl adjacent to an activating group) is 2. The van der Waals surface area contributed by atoms with Crippen LogP contribution in [-0.4, -0.2) is 27.7 Å². The molecule has 0 bridgehead atoms. The smallest absolute Gasteiger partial charge is 0.137 e. The minimum absolute atomic E-state index is 0.262. The molecule has 0 aromatic heterocycles. The van der Waals surface area contributed by atoms with Crippen molar-refractivity contribution in [2.45, 2.75) is 6.04 Å². The largest absolute Gasteiger partial charge is 0.495 e. The standard InChI is InChI=1S/C11H17ClN2O/c1-13-7-10(14-2)8-4-5-11(15-3)9(12)6-8/h4-6,10,13-14H,7H2,1-3H3. The molecular weight excluding hydrogens is 212 g/mol. The molecule has 0 amide bonds.